The summed E-state index contributed by atoms with van der Waals surface area (Å²) < 4.78 is 0. The Morgan fingerprint density at radius 2 is 1.65 bits per heavy atom. The van der Waals surface area contributed by atoms with E-state index >= 15 is 0 Å². The second kappa shape index (κ2) is 4.48. The second-order valence-electron chi connectivity index (χ2n) is 9.13. The summed E-state index contributed by atoms with van der Waals surface area (Å²) in [5.74, 6) is 5.13. The van der Waals surface area contributed by atoms with Crippen LogP contribution in [0.4, 0.5) is 0 Å². The number of hydrogen-bond acceptors (Lipinski definition) is 1. The molecule has 4 rings (SSSR count). The molecule has 4 aliphatic rings. The largest absolute Gasteiger partial charge is 0.316 e. The van der Waals surface area contributed by atoms with Gasteiger partial charge in [-0.1, -0.05) is 20.8 Å². The number of hydrogen-bond donors (Lipinski definition) is 1. The third-order valence-electron chi connectivity index (χ3n) is 8.77. The van der Waals surface area contributed by atoms with Crippen LogP contribution in [0.25, 0.3) is 0 Å². The van der Waals surface area contributed by atoms with Gasteiger partial charge in [-0.25, -0.2) is 0 Å². The van der Waals surface area contributed by atoms with Crippen molar-refractivity contribution in [3.05, 3.63) is 0 Å². The van der Waals surface area contributed by atoms with Crippen LogP contribution < -0.4 is 5.32 Å². The lowest BCUT2D eigenvalue weighted by Gasteiger charge is -2.60. The SMILES string of the molecule is CC1CCC2C3CCC4CNCCC4(C)C3CCC12C. The number of piperidine rings is 1. The van der Waals surface area contributed by atoms with Crippen LogP contribution in [0.15, 0.2) is 0 Å². The normalized spacial score (nSPS) is 58.6. The summed E-state index contributed by atoms with van der Waals surface area (Å²) >= 11 is 0. The molecule has 0 aromatic rings. The molecule has 20 heavy (non-hydrogen) atoms. The van der Waals surface area contributed by atoms with E-state index in [1.54, 1.807) is 6.42 Å². The highest BCUT2D eigenvalue weighted by atomic mass is 14.9. The first kappa shape index (κ1) is 13.6. The molecule has 1 heteroatoms. The average molecular weight is 275 g/mol. The smallest absolute Gasteiger partial charge is 0.00152 e. The molecular formula is C19H33N. The van der Waals surface area contributed by atoms with Gasteiger partial charge in [0.2, 0.25) is 0 Å². The maximum atomic E-state index is 3.67. The topological polar surface area (TPSA) is 12.0 Å². The molecule has 7 unspecified atom stereocenters. The summed E-state index contributed by atoms with van der Waals surface area (Å²) in [6.45, 7) is 10.4. The number of fused-ring (bicyclic) bond motifs is 5. The van der Waals surface area contributed by atoms with E-state index in [0.717, 1.165) is 29.6 Å². The summed E-state index contributed by atoms with van der Waals surface area (Å²) in [5, 5.41) is 3.67. The highest BCUT2D eigenvalue weighted by molar-refractivity contribution is 5.08. The molecule has 0 amide bonds. The van der Waals surface area contributed by atoms with Gasteiger partial charge in [0.15, 0.2) is 0 Å². The molecule has 1 aliphatic heterocycles. The predicted molar refractivity (Wildman–Crippen MR) is 84.5 cm³/mol. The Bertz CT molecular complexity index is 391. The van der Waals surface area contributed by atoms with Crippen molar-refractivity contribution < 1.29 is 0 Å². The molecule has 1 N–H and O–H groups in total. The Hall–Kier alpha value is -0.0400. The van der Waals surface area contributed by atoms with Crippen molar-refractivity contribution in [1.29, 1.82) is 0 Å². The lowest BCUT2D eigenvalue weighted by atomic mass is 9.46. The van der Waals surface area contributed by atoms with E-state index in [-0.39, 0.29) is 0 Å². The van der Waals surface area contributed by atoms with Gasteiger partial charge >= 0.3 is 0 Å². The Kier molecular flexibility index (Phi) is 3.05. The molecule has 4 fully saturated rings. The first-order valence-electron chi connectivity index (χ1n) is 9.26. The molecule has 1 heterocycles. The van der Waals surface area contributed by atoms with Crippen LogP contribution >= 0.6 is 0 Å². The van der Waals surface area contributed by atoms with Crippen LogP contribution in [-0.4, -0.2) is 13.1 Å². The molecule has 0 spiro atoms. The maximum absolute atomic E-state index is 3.67. The van der Waals surface area contributed by atoms with E-state index in [1.165, 1.54) is 51.6 Å². The van der Waals surface area contributed by atoms with E-state index in [1.807, 2.05) is 0 Å². The van der Waals surface area contributed by atoms with Crippen molar-refractivity contribution in [3.63, 3.8) is 0 Å². The summed E-state index contributed by atoms with van der Waals surface area (Å²) in [7, 11) is 0. The van der Waals surface area contributed by atoms with E-state index in [0.29, 0.717) is 10.8 Å². The molecule has 0 aromatic carbocycles. The van der Waals surface area contributed by atoms with Gasteiger partial charge < -0.3 is 5.32 Å². The Balaban J connectivity index is 1.64. The minimum absolute atomic E-state index is 0.668. The van der Waals surface area contributed by atoms with Gasteiger partial charge in [0.05, 0.1) is 0 Å². The quantitative estimate of drug-likeness (QED) is 0.687. The lowest BCUT2D eigenvalue weighted by molar-refractivity contribution is -0.104. The van der Waals surface area contributed by atoms with Crippen LogP contribution in [-0.2, 0) is 0 Å². The molecule has 1 saturated heterocycles. The first-order valence-corrected chi connectivity index (χ1v) is 9.26. The zero-order chi connectivity index (χ0) is 14.0. The Morgan fingerprint density at radius 1 is 0.850 bits per heavy atom. The molecule has 1 nitrogen and oxygen atoms in total. The van der Waals surface area contributed by atoms with Crippen molar-refractivity contribution in [2.24, 2.45) is 40.4 Å². The molecule has 114 valence electrons. The monoisotopic (exact) mass is 275 g/mol. The molecule has 0 aromatic heterocycles. The molecule has 3 aliphatic carbocycles. The molecule has 7 atom stereocenters. The van der Waals surface area contributed by atoms with Crippen molar-refractivity contribution in [2.75, 3.05) is 13.1 Å². The minimum Gasteiger partial charge on any atom is -0.316 e. The maximum Gasteiger partial charge on any atom is -0.00152 e. The van der Waals surface area contributed by atoms with Gasteiger partial charge in [-0.2, -0.15) is 0 Å². The summed E-state index contributed by atoms with van der Waals surface area (Å²) in [6.07, 6.45) is 10.6. The van der Waals surface area contributed by atoms with Crippen molar-refractivity contribution >= 4 is 0 Å². The lowest BCUT2D eigenvalue weighted by Crippen LogP contribution is -2.56. The van der Waals surface area contributed by atoms with Crippen LogP contribution in [0.1, 0.15) is 65.7 Å². The van der Waals surface area contributed by atoms with Gasteiger partial charge in [-0.05, 0) is 98.5 Å². The fourth-order valence-electron chi connectivity index (χ4n) is 7.16. The molecule has 0 bridgehead atoms. The van der Waals surface area contributed by atoms with Crippen molar-refractivity contribution in [2.45, 2.75) is 65.7 Å². The van der Waals surface area contributed by atoms with E-state index in [2.05, 4.69) is 26.1 Å². The molecule has 0 radical (unpaired) electrons. The van der Waals surface area contributed by atoms with Crippen LogP contribution in [0.2, 0.25) is 0 Å². The molecule has 3 saturated carbocycles. The second-order valence-corrected chi connectivity index (χ2v) is 9.13. The van der Waals surface area contributed by atoms with Crippen molar-refractivity contribution in [3.8, 4) is 0 Å². The van der Waals surface area contributed by atoms with Crippen LogP contribution in [0.3, 0.4) is 0 Å². The van der Waals surface area contributed by atoms with Crippen molar-refractivity contribution in [1.82, 2.24) is 5.32 Å². The van der Waals surface area contributed by atoms with Gasteiger partial charge in [0, 0.05) is 0 Å². The number of rotatable bonds is 0. The zero-order valence-corrected chi connectivity index (χ0v) is 13.8. The summed E-state index contributed by atoms with van der Waals surface area (Å²) in [5.41, 5.74) is 1.36. The van der Waals surface area contributed by atoms with Crippen LogP contribution in [0, 0.1) is 40.4 Å². The summed E-state index contributed by atoms with van der Waals surface area (Å²) in [6, 6.07) is 0. The highest BCUT2D eigenvalue weighted by Crippen LogP contribution is 2.66. The highest BCUT2D eigenvalue weighted by Gasteiger charge is 2.58. The fourth-order valence-corrected chi connectivity index (χ4v) is 7.16. The van der Waals surface area contributed by atoms with Gasteiger partial charge in [0.25, 0.3) is 0 Å². The summed E-state index contributed by atoms with van der Waals surface area (Å²) in [4.78, 5) is 0. The Morgan fingerprint density at radius 3 is 2.50 bits per heavy atom. The van der Waals surface area contributed by atoms with E-state index in [9.17, 15) is 0 Å². The third kappa shape index (κ3) is 1.65. The van der Waals surface area contributed by atoms with Gasteiger partial charge in [-0.3, -0.25) is 0 Å². The van der Waals surface area contributed by atoms with Gasteiger partial charge in [0.1, 0.15) is 0 Å². The third-order valence-corrected chi connectivity index (χ3v) is 8.77. The fraction of sp³-hybridized carbons (Fsp3) is 1.00. The minimum atomic E-state index is 0.668. The van der Waals surface area contributed by atoms with Gasteiger partial charge in [-0.15, -0.1) is 0 Å². The van der Waals surface area contributed by atoms with Crippen LogP contribution in [0.5, 0.6) is 0 Å². The Labute approximate surface area is 125 Å². The van der Waals surface area contributed by atoms with E-state index in [4.69, 9.17) is 0 Å². The number of nitrogens with one attached hydrogen (secondary N) is 1. The predicted octanol–water partition coefficient (Wildman–Crippen LogP) is 4.47. The first-order chi connectivity index (χ1) is 9.56. The standard InChI is InChI=1S/C19H33N/c1-13-4-7-16-15-6-5-14-12-20-11-10-19(14,3)17(15)8-9-18(13,16)2/h13-17,20H,4-12H2,1-3H3. The van der Waals surface area contributed by atoms with E-state index < -0.39 is 0 Å². The average Bonchev–Trinajstić information content (AvgIpc) is 2.74. The zero-order valence-electron chi connectivity index (χ0n) is 13.8. The molecular weight excluding hydrogens is 242 g/mol.